The summed E-state index contributed by atoms with van der Waals surface area (Å²) in [7, 11) is 1.72. The molecule has 20 heavy (non-hydrogen) atoms. The van der Waals surface area contributed by atoms with Gasteiger partial charge in [0, 0.05) is 18.1 Å². The molecule has 0 saturated heterocycles. The number of carbonyl (C=O) groups excluding carboxylic acids is 1. The van der Waals surface area contributed by atoms with Crippen molar-refractivity contribution in [1.29, 1.82) is 0 Å². The van der Waals surface area contributed by atoms with Crippen LogP contribution in [0.4, 0.5) is 15.8 Å². The Bertz CT molecular complexity index is 656. The largest absolute Gasteiger partial charge is 0.398 e. The summed E-state index contributed by atoms with van der Waals surface area (Å²) < 4.78 is 14.0. The van der Waals surface area contributed by atoms with E-state index in [2.05, 4.69) is 4.98 Å². The number of hydrogen-bond acceptors (Lipinski definition) is 5. The quantitative estimate of drug-likeness (QED) is 0.843. The molecule has 1 aromatic heterocycles. The van der Waals surface area contributed by atoms with Gasteiger partial charge in [-0.2, -0.15) is 0 Å². The molecule has 0 atom stereocenters. The summed E-state index contributed by atoms with van der Waals surface area (Å²) in [6, 6.07) is 2.48. The minimum absolute atomic E-state index is 0.0386. The predicted molar refractivity (Wildman–Crippen MR) is 78.3 cm³/mol. The van der Waals surface area contributed by atoms with Crippen LogP contribution in [0.25, 0.3) is 0 Å². The first-order chi connectivity index (χ1) is 9.38. The van der Waals surface area contributed by atoms with E-state index in [4.69, 9.17) is 11.5 Å². The molecule has 0 aliphatic carbocycles. The third-order valence-corrected chi connectivity index (χ3v) is 3.68. The molecule has 2 aromatic rings. The van der Waals surface area contributed by atoms with Crippen molar-refractivity contribution in [3.63, 3.8) is 0 Å². The lowest BCUT2D eigenvalue weighted by Crippen LogP contribution is -2.20. The Balaban J connectivity index is 2.31. The van der Waals surface area contributed by atoms with Crippen molar-refractivity contribution in [3.05, 3.63) is 39.6 Å². The van der Waals surface area contributed by atoms with Gasteiger partial charge in [0.15, 0.2) is 0 Å². The lowest BCUT2D eigenvalue weighted by atomic mass is 10.1. The summed E-state index contributed by atoms with van der Waals surface area (Å²) in [6.45, 7) is 2.34. The Hall–Kier alpha value is -2.15. The van der Waals surface area contributed by atoms with Crippen LogP contribution in [0.2, 0.25) is 0 Å². The van der Waals surface area contributed by atoms with Crippen molar-refractivity contribution in [2.75, 3.05) is 17.7 Å². The lowest BCUT2D eigenvalue weighted by Gasteiger charge is -2.20. The van der Waals surface area contributed by atoms with E-state index in [1.165, 1.54) is 17.4 Å². The molecule has 2 rings (SSSR count). The number of nitrogen functional groups attached to an aromatic ring is 1. The highest BCUT2D eigenvalue weighted by molar-refractivity contribution is 7.09. The highest BCUT2D eigenvalue weighted by Crippen LogP contribution is 2.26. The third kappa shape index (κ3) is 2.88. The van der Waals surface area contributed by atoms with Gasteiger partial charge in [-0.25, -0.2) is 9.37 Å². The number of nitrogens with two attached hydrogens (primary N) is 2. The van der Waals surface area contributed by atoms with Gasteiger partial charge in [0.1, 0.15) is 5.82 Å². The van der Waals surface area contributed by atoms with Gasteiger partial charge in [0.2, 0.25) is 0 Å². The standard InChI is InChI=1S/C13H15FN4OS/c1-7-17-8(6-20-7)5-18(2)12-3-9(13(16)19)11(15)4-10(12)14/h3-4,6H,5,15H2,1-2H3,(H2,16,19). The van der Waals surface area contributed by atoms with E-state index >= 15 is 0 Å². The molecule has 0 radical (unpaired) electrons. The van der Waals surface area contributed by atoms with E-state index in [1.807, 2.05) is 12.3 Å². The second-order valence-corrected chi connectivity index (χ2v) is 5.53. The molecule has 0 unspecified atom stereocenters. The van der Waals surface area contributed by atoms with Crippen molar-refractivity contribution in [2.45, 2.75) is 13.5 Å². The van der Waals surface area contributed by atoms with Crippen LogP contribution >= 0.6 is 11.3 Å². The topological polar surface area (TPSA) is 85.2 Å². The maximum Gasteiger partial charge on any atom is 0.250 e. The van der Waals surface area contributed by atoms with E-state index in [-0.39, 0.29) is 16.9 Å². The molecular weight excluding hydrogens is 279 g/mol. The van der Waals surface area contributed by atoms with Crippen molar-refractivity contribution < 1.29 is 9.18 Å². The third-order valence-electron chi connectivity index (χ3n) is 2.86. The number of hydrogen-bond donors (Lipinski definition) is 2. The molecule has 1 aromatic carbocycles. The van der Waals surface area contributed by atoms with Gasteiger partial charge in [-0.15, -0.1) is 11.3 Å². The highest BCUT2D eigenvalue weighted by atomic mass is 32.1. The summed E-state index contributed by atoms with van der Waals surface area (Å²) in [6.07, 6.45) is 0. The van der Waals surface area contributed by atoms with Crippen molar-refractivity contribution in [1.82, 2.24) is 4.98 Å². The number of nitrogens with zero attached hydrogens (tertiary/aromatic N) is 2. The summed E-state index contributed by atoms with van der Waals surface area (Å²) in [5, 5.41) is 2.86. The number of benzene rings is 1. The fourth-order valence-electron chi connectivity index (χ4n) is 1.89. The van der Waals surface area contributed by atoms with Crippen LogP contribution in [0.15, 0.2) is 17.5 Å². The molecule has 4 N–H and O–H groups in total. The molecule has 106 valence electrons. The first-order valence-electron chi connectivity index (χ1n) is 5.89. The fourth-order valence-corrected chi connectivity index (χ4v) is 2.50. The Morgan fingerprint density at radius 2 is 2.20 bits per heavy atom. The Kier molecular flexibility index (Phi) is 3.89. The van der Waals surface area contributed by atoms with Gasteiger partial charge in [-0.1, -0.05) is 0 Å². The first-order valence-corrected chi connectivity index (χ1v) is 6.77. The van der Waals surface area contributed by atoms with E-state index < -0.39 is 11.7 Å². The second kappa shape index (κ2) is 5.46. The minimum atomic E-state index is -0.679. The maximum absolute atomic E-state index is 14.0. The summed E-state index contributed by atoms with van der Waals surface area (Å²) in [5.41, 5.74) is 12.1. The number of aromatic nitrogens is 1. The monoisotopic (exact) mass is 294 g/mol. The number of aryl methyl sites for hydroxylation is 1. The van der Waals surface area contributed by atoms with Crippen LogP contribution in [0, 0.1) is 12.7 Å². The number of halogens is 1. The summed E-state index contributed by atoms with van der Waals surface area (Å²) in [5.74, 6) is -1.18. The minimum Gasteiger partial charge on any atom is -0.398 e. The second-order valence-electron chi connectivity index (χ2n) is 4.47. The number of amides is 1. The van der Waals surface area contributed by atoms with Crippen LogP contribution < -0.4 is 16.4 Å². The molecule has 0 bridgehead atoms. The lowest BCUT2D eigenvalue weighted by molar-refractivity contribution is 0.100. The van der Waals surface area contributed by atoms with E-state index in [9.17, 15) is 9.18 Å². The molecule has 1 amide bonds. The smallest absolute Gasteiger partial charge is 0.250 e. The molecule has 0 spiro atoms. The fraction of sp³-hybridized carbons (Fsp3) is 0.231. The van der Waals surface area contributed by atoms with Crippen LogP contribution in [-0.2, 0) is 6.54 Å². The van der Waals surface area contributed by atoms with Crippen LogP contribution in [0.5, 0.6) is 0 Å². The average Bonchev–Trinajstić information content (AvgIpc) is 2.74. The number of rotatable bonds is 4. The van der Waals surface area contributed by atoms with Crippen molar-refractivity contribution >= 4 is 28.6 Å². The molecule has 0 fully saturated rings. The number of carbonyl (C=O) groups is 1. The zero-order valence-electron chi connectivity index (χ0n) is 11.2. The van der Waals surface area contributed by atoms with Crippen molar-refractivity contribution in [2.24, 2.45) is 5.73 Å². The van der Waals surface area contributed by atoms with Gasteiger partial charge in [-0.05, 0) is 19.1 Å². The molecule has 1 heterocycles. The van der Waals surface area contributed by atoms with Crippen LogP contribution in [0.1, 0.15) is 21.1 Å². The van der Waals surface area contributed by atoms with E-state index in [0.29, 0.717) is 6.54 Å². The zero-order chi connectivity index (χ0) is 14.9. The Morgan fingerprint density at radius 1 is 1.50 bits per heavy atom. The van der Waals surface area contributed by atoms with Crippen LogP contribution in [-0.4, -0.2) is 17.9 Å². The molecule has 0 aliphatic heterocycles. The van der Waals surface area contributed by atoms with Gasteiger partial charge >= 0.3 is 0 Å². The molecule has 7 heteroatoms. The first kappa shape index (κ1) is 14.3. The molecule has 0 aliphatic rings. The molecule has 0 saturated carbocycles. The summed E-state index contributed by atoms with van der Waals surface area (Å²) >= 11 is 1.53. The van der Waals surface area contributed by atoms with Gasteiger partial charge in [0.25, 0.3) is 5.91 Å². The van der Waals surface area contributed by atoms with Gasteiger partial charge in [0.05, 0.1) is 28.5 Å². The van der Waals surface area contributed by atoms with E-state index in [0.717, 1.165) is 16.8 Å². The molecule has 5 nitrogen and oxygen atoms in total. The van der Waals surface area contributed by atoms with Crippen molar-refractivity contribution in [3.8, 4) is 0 Å². The molecular formula is C13H15FN4OS. The SMILES string of the molecule is Cc1nc(CN(C)c2cc(C(N)=O)c(N)cc2F)cs1. The van der Waals surface area contributed by atoms with Gasteiger partial charge in [-0.3, -0.25) is 4.79 Å². The predicted octanol–water partition coefficient (Wildman–Crippen LogP) is 1.91. The van der Waals surface area contributed by atoms with E-state index in [1.54, 1.807) is 11.9 Å². The Morgan fingerprint density at radius 3 is 2.75 bits per heavy atom. The maximum atomic E-state index is 14.0. The average molecular weight is 294 g/mol. The highest BCUT2D eigenvalue weighted by Gasteiger charge is 2.15. The van der Waals surface area contributed by atoms with Gasteiger partial charge < -0.3 is 16.4 Å². The van der Waals surface area contributed by atoms with Crippen LogP contribution in [0.3, 0.4) is 0 Å². The zero-order valence-corrected chi connectivity index (χ0v) is 12.0. The Labute approximate surface area is 120 Å². The number of primary amides is 1. The number of thiazole rings is 1. The summed E-state index contributed by atoms with van der Waals surface area (Å²) in [4.78, 5) is 17.2. The number of anilines is 2. The normalized spacial score (nSPS) is 10.6.